The molecule has 0 fully saturated rings. The van der Waals surface area contributed by atoms with Crippen molar-refractivity contribution in [2.45, 2.75) is 13.3 Å². The first-order valence-corrected chi connectivity index (χ1v) is 7.70. The van der Waals surface area contributed by atoms with Gasteiger partial charge in [-0.1, -0.05) is 55.5 Å². The van der Waals surface area contributed by atoms with Crippen LogP contribution in [0.25, 0.3) is 16.9 Å². The van der Waals surface area contributed by atoms with E-state index in [0.717, 1.165) is 0 Å². The van der Waals surface area contributed by atoms with Crippen LogP contribution in [0.15, 0.2) is 65.5 Å². The number of rotatable bonds is 3. The van der Waals surface area contributed by atoms with Crippen LogP contribution < -0.4 is 5.56 Å². The van der Waals surface area contributed by atoms with Crippen molar-refractivity contribution < 1.29 is 5.11 Å². The Morgan fingerprint density at radius 1 is 1.04 bits per heavy atom. The Balaban J connectivity index is 2.51. The Bertz CT molecular complexity index is 969. The van der Waals surface area contributed by atoms with Crippen LogP contribution in [0.5, 0.6) is 5.75 Å². The van der Waals surface area contributed by atoms with Gasteiger partial charge in [0.05, 0.1) is 11.3 Å². The van der Waals surface area contributed by atoms with Gasteiger partial charge in [-0.05, 0) is 18.6 Å². The first-order chi connectivity index (χ1) is 11.7. The fourth-order valence-corrected chi connectivity index (χ4v) is 2.83. The smallest absolute Gasteiger partial charge is 0.262 e. The minimum Gasteiger partial charge on any atom is -0.506 e. The van der Waals surface area contributed by atoms with Gasteiger partial charge in [-0.3, -0.25) is 9.36 Å². The summed E-state index contributed by atoms with van der Waals surface area (Å²) in [4.78, 5) is 13.0. The molecule has 0 aliphatic heterocycles. The van der Waals surface area contributed by atoms with Gasteiger partial charge >= 0.3 is 0 Å². The van der Waals surface area contributed by atoms with Gasteiger partial charge in [-0.25, -0.2) is 0 Å². The number of aromatic hydroxyl groups is 1. The second-order valence-corrected chi connectivity index (χ2v) is 5.36. The molecule has 0 saturated heterocycles. The highest BCUT2D eigenvalue weighted by Gasteiger charge is 2.22. The number of hydrogen-bond acceptors (Lipinski definition) is 3. The van der Waals surface area contributed by atoms with Crippen LogP contribution in [0.2, 0.25) is 0 Å². The highest BCUT2D eigenvalue weighted by molar-refractivity contribution is 5.73. The molecule has 0 spiro atoms. The van der Waals surface area contributed by atoms with Crippen LogP contribution in [0.1, 0.15) is 18.1 Å². The zero-order valence-corrected chi connectivity index (χ0v) is 13.2. The van der Waals surface area contributed by atoms with Gasteiger partial charge in [-0.2, -0.15) is 5.26 Å². The van der Waals surface area contributed by atoms with E-state index < -0.39 is 0 Å². The molecule has 4 nitrogen and oxygen atoms in total. The molecule has 0 radical (unpaired) electrons. The quantitative estimate of drug-likeness (QED) is 0.802. The van der Waals surface area contributed by atoms with Gasteiger partial charge in [-0.15, -0.1) is 0 Å². The number of para-hydroxylation sites is 1. The number of aromatic nitrogens is 1. The van der Waals surface area contributed by atoms with Gasteiger partial charge in [0.1, 0.15) is 17.4 Å². The van der Waals surface area contributed by atoms with Crippen molar-refractivity contribution in [2.75, 3.05) is 0 Å². The second-order valence-electron chi connectivity index (χ2n) is 5.36. The molecule has 4 heteroatoms. The molecule has 1 aromatic heterocycles. The third-order valence-electron chi connectivity index (χ3n) is 3.97. The fourth-order valence-electron chi connectivity index (χ4n) is 2.83. The maximum absolute atomic E-state index is 13.0. The molecule has 0 aliphatic rings. The molecule has 0 aliphatic carbocycles. The molecule has 0 amide bonds. The maximum Gasteiger partial charge on any atom is 0.262 e. The Kier molecular flexibility index (Phi) is 4.17. The molecule has 0 unspecified atom stereocenters. The van der Waals surface area contributed by atoms with E-state index >= 15 is 0 Å². The summed E-state index contributed by atoms with van der Waals surface area (Å²) in [6.45, 7) is 1.79. The molecular formula is C20H16N2O2. The third kappa shape index (κ3) is 2.46. The van der Waals surface area contributed by atoms with E-state index in [2.05, 4.69) is 6.07 Å². The average molecular weight is 316 g/mol. The molecule has 24 heavy (non-hydrogen) atoms. The third-order valence-corrected chi connectivity index (χ3v) is 3.97. The van der Waals surface area contributed by atoms with Crippen LogP contribution in [0, 0.1) is 11.3 Å². The lowest BCUT2D eigenvalue weighted by Gasteiger charge is -2.18. The van der Waals surface area contributed by atoms with E-state index in [4.69, 9.17) is 0 Å². The molecule has 1 N–H and O–H groups in total. The number of nitriles is 1. The minimum absolute atomic E-state index is 0.113. The van der Waals surface area contributed by atoms with Crippen LogP contribution >= 0.6 is 0 Å². The molecule has 3 aromatic rings. The van der Waals surface area contributed by atoms with Crippen molar-refractivity contribution in [2.24, 2.45) is 0 Å². The molecule has 2 aromatic carbocycles. The van der Waals surface area contributed by atoms with Gasteiger partial charge < -0.3 is 5.11 Å². The van der Waals surface area contributed by atoms with Crippen molar-refractivity contribution in [3.63, 3.8) is 0 Å². The lowest BCUT2D eigenvalue weighted by molar-refractivity contribution is 0.464. The van der Waals surface area contributed by atoms with Crippen LogP contribution in [-0.2, 0) is 6.42 Å². The fraction of sp³-hybridized carbons (Fsp3) is 0.100. The highest BCUT2D eigenvalue weighted by atomic mass is 16.3. The lowest BCUT2D eigenvalue weighted by Crippen LogP contribution is -2.25. The Morgan fingerprint density at radius 3 is 2.17 bits per heavy atom. The molecule has 0 bridgehead atoms. The van der Waals surface area contributed by atoms with Gasteiger partial charge in [0.15, 0.2) is 0 Å². The highest BCUT2D eigenvalue weighted by Crippen LogP contribution is 2.32. The van der Waals surface area contributed by atoms with E-state index in [0.29, 0.717) is 23.4 Å². The standard InChI is InChI=1S/C20H16N2O2/c1-2-16-19(23)17(13-21)18(14-9-5-3-6-10-14)22(20(16)24)15-11-7-4-8-12-15/h3-12,23H,2H2,1H3. The molecule has 1 heterocycles. The predicted molar refractivity (Wildman–Crippen MR) is 93.2 cm³/mol. The van der Waals surface area contributed by atoms with Crippen molar-refractivity contribution in [3.05, 3.63) is 82.1 Å². The predicted octanol–water partition coefficient (Wildman–Crippen LogP) is 3.64. The lowest BCUT2D eigenvalue weighted by atomic mass is 10.0. The molecule has 0 atom stereocenters. The zero-order valence-electron chi connectivity index (χ0n) is 13.2. The van der Waals surface area contributed by atoms with Crippen LogP contribution in [-0.4, -0.2) is 9.67 Å². The second kappa shape index (κ2) is 6.43. The molecule has 118 valence electrons. The first kappa shape index (κ1) is 15.6. The summed E-state index contributed by atoms with van der Waals surface area (Å²) in [7, 11) is 0. The minimum atomic E-state index is -0.306. The van der Waals surface area contributed by atoms with E-state index in [1.54, 1.807) is 6.92 Å². The normalized spacial score (nSPS) is 10.3. The van der Waals surface area contributed by atoms with Crippen LogP contribution in [0.3, 0.4) is 0 Å². The van der Waals surface area contributed by atoms with E-state index in [1.807, 2.05) is 60.7 Å². The molecular weight excluding hydrogens is 300 g/mol. The number of nitrogens with zero attached hydrogens (tertiary/aromatic N) is 2. The summed E-state index contributed by atoms with van der Waals surface area (Å²) >= 11 is 0. The van der Waals surface area contributed by atoms with E-state index in [1.165, 1.54) is 4.57 Å². The van der Waals surface area contributed by atoms with E-state index in [9.17, 15) is 15.2 Å². The van der Waals surface area contributed by atoms with Crippen molar-refractivity contribution in [1.82, 2.24) is 4.57 Å². The largest absolute Gasteiger partial charge is 0.506 e. The summed E-state index contributed by atoms with van der Waals surface area (Å²) in [6, 6.07) is 20.4. The molecule has 3 rings (SSSR count). The molecule has 0 saturated carbocycles. The summed E-state index contributed by atoms with van der Waals surface area (Å²) in [5.74, 6) is -0.226. The Hall–Kier alpha value is -3.32. The number of hydrogen-bond donors (Lipinski definition) is 1. The topological polar surface area (TPSA) is 66.0 Å². The number of benzene rings is 2. The van der Waals surface area contributed by atoms with Crippen LogP contribution in [0.4, 0.5) is 0 Å². The summed E-state index contributed by atoms with van der Waals surface area (Å²) < 4.78 is 1.51. The SMILES string of the molecule is CCc1c(O)c(C#N)c(-c2ccccc2)n(-c2ccccc2)c1=O. The van der Waals surface area contributed by atoms with Crippen molar-refractivity contribution >= 4 is 0 Å². The summed E-state index contributed by atoms with van der Waals surface area (Å²) in [6.07, 6.45) is 0.348. The maximum atomic E-state index is 13.0. The van der Waals surface area contributed by atoms with Gasteiger partial charge in [0.25, 0.3) is 5.56 Å². The van der Waals surface area contributed by atoms with E-state index in [-0.39, 0.29) is 22.4 Å². The van der Waals surface area contributed by atoms with Gasteiger partial charge in [0, 0.05) is 11.3 Å². The Labute approximate surface area is 139 Å². The monoisotopic (exact) mass is 316 g/mol. The van der Waals surface area contributed by atoms with Crippen molar-refractivity contribution in [1.29, 1.82) is 5.26 Å². The Morgan fingerprint density at radius 2 is 1.62 bits per heavy atom. The summed E-state index contributed by atoms with van der Waals surface area (Å²) in [5, 5.41) is 20.1. The van der Waals surface area contributed by atoms with Crippen molar-refractivity contribution in [3.8, 4) is 28.8 Å². The summed E-state index contributed by atoms with van der Waals surface area (Å²) in [5.41, 5.74) is 1.82. The zero-order chi connectivity index (χ0) is 17.1. The van der Waals surface area contributed by atoms with Gasteiger partial charge in [0.2, 0.25) is 0 Å². The number of pyridine rings is 1. The average Bonchev–Trinajstić information content (AvgIpc) is 2.63. The first-order valence-electron chi connectivity index (χ1n) is 7.70.